The second-order valence-electron chi connectivity index (χ2n) is 10.1. The molecule has 1 amide bonds. The van der Waals surface area contributed by atoms with E-state index in [0.29, 0.717) is 35.7 Å². The Balaban J connectivity index is 1.15. The van der Waals surface area contributed by atoms with Crippen molar-refractivity contribution in [3.8, 4) is 5.69 Å². The van der Waals surface area contributed by atoms with Crippen LogP contribution >= 0.6 is 0 Å². The lowest BCUT2D eigenvalue weighted by molar-refractivity contribution is -0.0301. The Morgan fingerprint density at radius 2 is 1.73 bits per heavy atom. The predicted molar refractivity (Wildman–Crippen MR) is 143 cm³/mol. The molecule has 0 bridgehead atoms. The van der Waals surface area contributed by atoms with Crippen molar-refractivity contribution >= 4 is 16.9 Å². The topological polar surface area (TPSA) is 98.2 Å². The molecule has 6 rings (SSSR count). The number of piperidine rings is 1. The molecule has 40 heavy (non-hydrogen) atoms. The maximum absolute atomic E-state index is 14.2. The van der Waals surface area contributed by atoms with Crippen molar-refractivity contribution in [3.63, 3.8) is 0 Å². The monoisotopic (exact) mass is 544 g/mol. The first-order valence-corrected chi connectivity index (χ1v) is 12.9. The van der Waals surface area contributed by atoms with E-state index in [9.17, 15) is 23.5 Å². The van der Waals surface area contributed by atoms with Crippen molar-refractivity contribution < 1.29 is 18.7 Å². The number of halogens is 2. The zero-order valence-corrected chi connectivity index (χ0v) is 21.5. The van der Waals surface area contributed by atoms with Gasteiger partial charge in [0.15, 0.2) is 5.65 Å². The van der Waals surface area contributed by atoms with Gasteiger partial charge in [-0.1, -0.05) is 18.2 Å². The zero-order chi connectivity index (χ0) is 27.9. The van der Waals surface area contributed by atoms with Crippen molar-refractivity contribution in [2.24, 2.45) is 0 Å². The van der Waals surface area contributed by atoms with Gasteiger partial charge in [-0.25, -0.2) is 18.4 Å². The van der Waals surface area contributed by atoms with E-state index in [1.165, 1.54) is 40.0 Å². The van der Waals surface area contributed by atoms with Crippen LogP contribution in [0, 0.1) is 11.6 Å². The molecular formula is C29H26F2N6O3. The van der Waals surface area contributed by atoms with Crippen LogP contribution in [0.25, 0.3) is 16.7 Å². The number of carbonyl (C=O) groups excluding carboxylic acids is 1. The van der Waals surface area contributed by atoms with E-state index < -0.39 is 5.60 Å². The van der Waals surface area contributed by atoms with Gasteiger partial charge in [-0.15, -0.1) is 0 Å². The number of carbonyl (C=O) groups is 1. The van der Waals surface area contributed by atoms with Gasteiger partial charge in [0.2, 0.25) is 0 Å². The van der Waals surface area contributed by atoms with Crippen LogP contribution in [0.5, 0.6) is 0 Å². The van der Waals surface area contributed by atoms with Crippen LogP contribution in [0.2, 0.25) is 0 Å². The van der Waals surface area contributed by atoms with Crippen molar-refractivity contribution in [1.82, 2.24) is 28.8 Å². The molecule has 1 fully saturated rings. The van der Waals surface area contributed by atoms with Crippen LogP contribution in [-0.4, -0.2) is 58.5 Å². The van der Waals surface area contributed by atoms with Gasteiger partial charge in [-0.3, -0.25) is 14.2 Å². The van der Waals surface area contributed by atoms with Crippen LogP contribution in [0.1, 0.15) is 28.9 Å². The Kier molecular flexibility index (Phi) is 6.51. The summed E-state index contributed by atoms with van der Waals surface area (Å²) < 4.78 is 32.0. The minimum absolute atomic E-state index is 0.0161. The number of aromatic nitrogens is 5. The molecule has 5 aromatic rings. The van der Waals surface area contributed by atoms with Gasteiger partial charge in [0, 0.05) is 24.8 Å². The molecule has 11 heteroatoms. The molecule has 1 aliphatic rings. The molecule has 2 aromatic carbocycles. The molecule has 4 heterocycles. The van der Waals surface area contributed by atoms with Crippen LogP contribution < -0.4 is 5.56 Å². The number of amides is 1. The highest BCUT2D eigenvalue weighted by atomic mass is 19.1. The molecule has 0 radical (unpaired) electrons. The third-order valence-electron chi connectivity index (χ3n) is 7.42. The Labute approximate surface area is 227 Å². The van der Waals surface area contributed by atoms with E-state index in [2.05, 4.69) is 10.1 Å². The highest BCUT2D eigenvalue weighted by Gasteiger charge is 2.35. The molecule has 0 saturated carbocycles. The first kappa shape index (κ1) is 25.6. The third-order valence-corrected chi connectivity index (χ3v) is 7.42. The van der Waals surface area contributed by atoms with Crippen molar-refractivity contribution in [3.05, 3.63) is 113 Å². The minimum Gasteiger partial charge on any atom is -0.388 e. The van der Waals surface area contributed by atoms with Gasteiger partial charge < -0.3 is 14.6 Å². The SMILES string of the molecule is O=C(c1cccn1Cc1ccccc1F)N1CCC(O)(Cn2cnc3c(cnn3-c3ccc(F)cc3)c2=O)CC1. The molecular weight excluding hydrogens is 518 g/mol. The summed E-state index contributed by atoms with van der Waals surface area (Å²) in [5.41, 5.74) is 0.266. The third kappa shape index (κ3) is 4.79. The number of nitrogens with zero attached hydrogens (tertiary/aromatic N) is 6. The Morgan fingerprint density at radius 3 is 2.48 bits per heavy atom. The minimum atomic E-state index is -1.21. The molecule has 0 unspecified atom stereocenters. The van der Waals surface area contributed by atoms with E-state index >= 15 is 0 Å². The number of likely N-dealkylation sites (tertiary alicyclic amines) is 1. The van der Waals surface area contributed by atoms with Crippen LogP contribution in [0.15, 0.2) is 84.2 Å². The van der Waals surface area contributed by atoms with Gasteiger partial charge in [0.1, 0.15) is 29.0 Å². The number of hydrogen-bond acceptors (Lipinski definition) is 5. The molecule has 1 saturated heterocycles. The fraction of sp³-hybridized carbons (Fsp3) is 0.241. The predicted octanol–water partition coefficient (Wildman–Crippen LogP) is 3.38. The number of rotatable bonds is 6. The van der Waals surface area contributed by atoms with Crippen molar-refractivity contribution in [2.45, 2.75) is 31.5 Å². The van der Waals surface area contributed by atoms with E-state index in [-0.39, 0.29) is 54.4 Å². The summed E-state index contributed by atoms with van der Waals surface area (Å²) in [6.07, 6.45) is 5.07. The van der Waals surface area contributed by atoms with Gasteiger partial charge in [0.05, 0.1) is 30.6 Å². The van der Waals surface area contributed by atoms with Crippen LogP contribution in [0.4, 0.5) is 8.78 Å². The van der Waals surface area contributed by atoms with Gasteiger partial charge >= 0.3 is 0 Å². The summed E-state index contributed by atoms with van der Waals surface area (Å²) in [7, 11) is 0. The summed E-state index contributed by atoms with van der Waals surface area (Å²) in [5, 5.41) is 15.8. The Morgan fingerprint density at radius 1 is 0.975 bits per heavy atom. The fourth-order valence-electron chi connectivity index (χ4n) is 5.15. The lowest BCUT2D eigenvalue weighted by atomic mass is 9.91. The average Bonchev–Trinajstić information content (AvgIpc) is 3.60. The number of hydrogen-bond donors (Lipinski definition) is 1. The van der Waals surface area contributed by atoms with E-state index in [4.69, 9.17) is 0 Å². The van der Waals surface area contributed by atoms with Gasteiger partial charge in [0.25, 0.3) is 11.5 Å². The first-order chi connectivity index (χ1) is 19.3. The molecule has 0 spiro atoms. The summed E-state index contributed by atoms with van der Waals surface area (Å²) in [6, 6.07) is 15.6. The fourth-order valence-corrected chi connectivity index (χ4v) is 5.15. The number of aliphatic hydroxyl groups is 1. The molecule has 0 aliphatic carbocycles. The molecule has 1 aliphatic heterocycles. The summed E-state index contributed by atoms with van der Waals surface area (Å²) >= 11 is 0. The molecule has 0 atom stereocenters. The number of benzene rings is 2. The molecule has 1 N–H and O–H groups in total. The summed E-state index contributed by atoms with van der Waals surface area (Å²) in [4.78, 5) is 32.5. The summed E-state index contributed by atoms with van der Waals surface area (Å²) in [5.74, 6) is -0.909. The molecule has 9 nitrogen and oxygen atoms in total. The lowest BCUT2D eigenvalue weighted by Crippen LogP contribution is -2.50. The van der Waals surface area contributed by atoms with E-state index in [1.54, 1.807) is 58.1 Å². The average molecular weight is 545 g/mol. The highest BCUT2D eigenvalue weighted by Crippen LogP contribution is 2.26. The number of fused-ring (bicyclic) bond motifs is 1. The van der Waals surface area contributed by atoms with Crippen LogP contribution in [0.3, 0.4) is 0 Å². The first-order valence-electron chi connectivity index (χ1n) is 12.9. The Bertz CT molecular complexity index is 1750. The second kappa shape index (κ2) is 10.2. The maximum atomic E-state index is 14.2. The van der Waals surface area contributed by atoms with Crippen LogP contribution in [-0.2, 0) is 13.1 Å². The lowest BCUT2D eigenvalue weighted by Gasteiger charge is -2.38. The highest BCUT2D eigenvalue weighted by molar-refractivity contribution is 5.93. The smallest absolute Gasteiger partial charge is 0.270 e. The normalized spacial score (nSPS) is 15.0. The maximum Gasteiger partial charge on any atom is 0.270 e. The second-order valence-corrected chi connectivity index (χ2v) is 10.1. The zero-order valence-electron chi connectivity index (χ0n) is 21.5. The van der Waals surface area contributed by atoms with E-state index in [0.717, 1.165) is 0 Å². The Hall–Kier alpha value is -4.64. The standard InChI is InChI=1S/C29H26F2N6O3/c30-21-7-9-22(10-8-21)37-26-23(16-33-37)27(38)36(19-32-26)18-29(40)11-14-34(15-12-29)28(39)25-6-3-13-35(25)17-20-4-1-2-5-24(20)31/h1-10,13,16,19,40H,11-12,14-15,17-18H2. The van der Waals surface area contributed by atoms with E-state index in [1.807, 2.05) is 0 Å². The van der Waals surface area contributed by atoms with Crippen molar-refractivity contribution in [2.75, 3.05) is 13.1 Å². The van der Waals surface area contributed by atoms with Gasteiger partial charge in [-0.2, -0.15) is 5.10 Å². The van der Waals surface area contributed by atoms with Crippen molar-refractivity contribution in [1.29, 1.82) is 0 Å². The quantitative estimate of drug-likeness (QED) is 0.354. The summed E-state index contributed by atoms with van der Waals surface area (Å²) in [6.45, 7) is 0.844. The molecule has 204 valence electrons. The largest absolute Gasteiger partial charge is 0.388 e. The van der Waals surface area contributed by atoms with Gasteiger partial charge in [-0.05, 0) is 55.3 Å². The molecule has 3 aromatic heterocycles.